The molecular formula is C18H23N3. The molecule has 1 aliphatic rings. The van der Waals surface area contributed by atoms with Gasteiger partial charge in [0.1, 0.15) is 0 Å². The van der Waals surface area contributed by atoms with Crippen molar-refractivity contribution < 1.29 is 0 Å². The number of nitrogens with zero attached hydrogens (tertiary/aromatic N) is 1. The Kier molecular flexibility index (Phi) is 4.00. The Morgan fingerprint density at radius 3 is 2.86 bits per heavy atom. The van der Waals surface area contributed by atoms with Crippen LogP contribution in [-0.4, -0.2) is 20.6 Å². The zero-order valence-electron chi connectivity index (χ0n) is 12.8. The smallest absolute Gasteiger partial charge is 0.0423 e. The van der Waals surface area contributed by atoms with Crippen molar-refractivity contribution in [2.24, 2.45) is 0 Å². The van der Waals surface area contributed by atoms with Gasteiger partial charge in [0.25, 0.3) is 0 Å². The van der Waals surface area contributed by atoms with Gasteiger partial charge in [-0.1, -0.05) is 24.3 Å². The number of anilines is 3. The standard InChI is InChI=1S/C18H23N3/c1-21(2)17-10-4-9-16(12-17)20-13-15-7-3-6-14-8-5-11-19-18(14)15/h3-4,6-7,9-10,12,19-20H,5,8,11,13H2,1-2H3. The fourth-order valence-corrected chi connectivity index (χ4v) is 2.82. The molecule has 2 N–H and O–H groups in total. The molecule has 1 heterocycles. The van der Waals surface area contributed by atoms with Gasteiger partial charge in [0.05, 0.1) is 0 Å². The van der Waals surface area contributed by atoms with Crippen LogP contribution >= 0.6 is 0 Å². The van der Waals surface area contributed by atoms with Crippen LogP contribution in [0.15, 0.2) is 42.5 Å². The van der Waals surface area contributed by atoms with Gasteiger partial charge in [-0.15, -0.1) is 0 Å². The van der Waals surface area contributed by atoms with Crippen LogP contribution in [0.3, 0.4) is 0 Å². The second-order valence-electron chi connectivity index (χ2n) is 5.78. The Hall–Kier alpha value is -2.16. The van der Waals surface area contributed by atoms with E-state index in [1.807, 2.05) is 0 Å². The van der Waals surface area contributed by atoms with Crippen LogP contribution in [0.25, 0.3) is 0 Å². The summed E-state index contributed by atoms with van der Waals surface area (Å²) < 4.78 is 0. The summed E-state index contributed by atoms with van der Waals surface area (Å²) >= 11 is 0. The van der Waals surface area contributed by atoms with E-state index in [4.69, 9.17) is 0 Å². The lowest BCUT2D eigenvalue weighted by Crippen LogP contribution is -2.15. The summed E-state index contributed by atoms with van der Waals surface area (Å²) in [6, 6.07) is 15.1. The monoisotopic (exact) mass is 281 g/mol. The average molecular weight is 281 g/mol. The largest absolute Gasteiger partial charge is 0.385 e. The number of para-hydroxylation sites is 1. The van der Waals surface area contributed by atoms with Crippen molar-refractivity contribution in [1.29, 1.82) is 0 Å². The molecule has 1 aliphatic heterocycles. The van der Waals surface area contributed by atoms with Crippen LogP contribution in [0.5, 0.6) is 0 Å². The molecule has 0 saturated carbocycles. The van der Waals surface area contributed by atoms with Crippen LogP contribution in [0.4, 0.5) is 17.1 Å². The van der Waals surface area contributed by atoms with E-state index >= 15 is 0 Å². The van der Waals surface area contributed by atoms with E-state index in [0.29, 0.717) is 0 Å². The van der Waals surface area contributed by atoms with Crippen molar-refractivity contribution in [2.75, 3.05) is 36.2 Å². The minimum Gasteiger partial charge on any atom is -0.385 e. The van der Waals surface area contributed by atoms with Gasteiger partial charge >= 0.3 is 0 Å². The van der Waals surface area contributed by atoms with Gasteiger partial charge in [0.15, 0.2) is 0 Å². The minimum absolute atomic E-state index is 0.854. The highest BCUT2D eigenvalue weighted by Gasteiger charge is 2.11. The summed E-state index contributed by atoms with van der Waals surface area (Å²) in [4.78, 5) is 2.12. The average Bonchev–Trinajstić information content (AvgIpc) is 2.53. The van der Waals surface area contributed by atoms with E-state index in [9.17, 15) is 0 Å². The number of fused-ring (bicyclic) bond motifs is 1. The van der Waals surface area contributed by atoms with Gasteiger partial charge < -0.3 is 15.5 Å². The normalized spacial score (nSPS) is 13.2. The van der Waals surface area contributed by atoms with Crippen LogP contribution in [0.2, 0.25) is 0 Å². The minimum atomic E-state index is 0.854. The van der Waals surface area contributed by atoms with E-state index in [1.54, 1.807) is 0 Å². The molecule has 3 nitrogen and oxygen atoms in total. The first-order valence-electron chi connectivity index (χ1n) is 7.60. The fraction of sp³-hybridized carbons (Fsp3) is 0.333. The van der Waals surface area contributed by atoms with Crippen LogP contribution in [-0.2, 0) is 13.0 Å². The Morgan fingerprint density at radius 2 is 2.00 bits per heavy atom. The maximum Gasteiger partial charge on any atom is 0.0423 e. The van der Waals surface area contributed by atoms with Crippen molar-refractivity contribution in [3.63, 3.8) is 0 Å². The lowest BCUT2D eigenvalue weighted by atomic mass is 9.99. The highest BCUT2D eigenvalue weighted by Crippen LogP contribution is 2.27. The maximum atomic E-state index is 3.55. The summed E-state index contributed by atoms with van der Waals surface area (Å²) in [6.07, 6.45) is 2.42. The molecule has 0 radical (unpaired) electrons. The third kappa shape index (κ3) is 3.13. The van der Waals surface area contributed by atoms with Crippen LogP contribution in [0.1, 0.15) is 17.5 Å². The molecule has 0 amide bonds. The van der Waals surface area contributed by atoms with E-state index in [0.717, 1.165) is 18.8 Å². The van der Waals surface area contributed by atoms with Gasteiger partial charge in [0, 0.05) is 44.2 Å². The van der Waals surface area contributed by atoms with Crippen molar-refractivity contribution in [3.8, 4) is 0 Å². The van der Waals surface area contributed by atoms with Crippen LogP contribution < -0.4 is 15.5 Å². The van der Waals surface area contributed by atoms with Crippen molar-refractivity contribution in [1.82, 2.24) is 0 Å². The second-order valence-corrected chi connectivity index (χ2v) is 5.78. The first-order valence-corrected chi connectivity index (χ1v) is 7.60. The number of benzene rings is 2. The predicted molar refractivity (Wildman–Crippen MR) is 91.3 cm³/mol. The molecule has 3 heteroatoms. The lowest BCUT2D eigenvalue weighted by molar-refractivity contribution is 0.825. The van der Waals surface area contributed by atoms with E-state index in [2.05, 4.69) is 72.1 Å². The molecule has 3 rings (SSSR count). The van der Waals surface area contributed by atoms with Gasteiger partial charge in [-0.3, -0.25) is 0 Å². The van der Waals surface area contributed by atoms with Gasteiger partial charge in [-0.25, -0.2) is 0 Å². The Morgan fingerprint density at radius 1 is 1.14 bits per heavy atom. The molecule has 0 aliphatic carbocycles. The van der Waals surface area contributed by atoms with E-state index in [-0.39, 0.29) is 0 Å². The summed E-state index contributed by atoms with van der Waals surface area (Å²) in [5, 5.41) is 7.09. The number of rotatable bonds is 4. The number of hydrogen-bond donors (Lipinski definition) is 2. The fourth-order valence-electron chi connectivity index (χ4n) is 2.82. The Balaban J connectivity index is 1.75. The van der Waals surface area contributed by atoms with E-state index < -0.39 is 0 Å². The molecule has 2 aromatic carbocycles. The number of nitrogens with one attached hydrogen (secondary N) is 2. The molecule has 2 aromatic rings. The molecule has 0 bridgehead atoms. The van der Waals surface area contributed by atoms with Crippen molar-refractivity contribution in [3.05, 3.63) is 53.6 Å². The molecule has 110 valence electrons. The molecule has 0 fully saturated rings. The number of hydrogen-bond acceptors (Lipinski definition) is 3. The van der Waals surface area contributed by atoms with Crippen molar-refractivity contribution in [2.45, 2.75) is 19.4 Å². The van der Waals surface area contributed by atoms with E-state index in [1.165, 1.54) is 35.3 Å². The lowest BCUT2D eigenvalue weighted by Gasteiger charge is -2.22. The van der Waals surface area contributed by atoms with Gasteiger partial charge in [-0.2, -0.15) is 0 Å². The second kappa shape index (κ2) is 6.08. The maximum absolute atomic E-state index is 3.55. The van der Waals surface area contributed by atoms with Crippen LogP contribution in [0, 0.1) is 0 Å². The summed E-state index contributed by atoms with van der Waals surface area (Å²) in [5.74, 6) is 0. The quantitative estimate of drug-likeness (QED) is 0.894. The third-order valence-electron chi connectivity index (χ3n) is 4.01. The molecule has 0 aromatic heterocycles. The Labute approximate surface area is 127 Å². The molecular weight excluding hydrogens is 258 g/mol. The molecule has 0 saturated heterocycles. The third-order valence-corrected chi connectivity index (χ3v) is 4.01. The zero-order valence-corrected chi connectivity index (χ0v) is 12.8. The topological polar surface area (TPSA) is 27.3 Å². The van der Waals surface area contributed by atoms with Gasteiger partial charge in [0.2, 0.25) is 0 Å². The summed E-state index contributed by atoms with van der Waals surface area (Å²) in [7, 11) is 4.13. The summed E-state index contributed by atoms with van der Waals surface area (Å²) in [6.45, 7) is 1.94. The first-order chi connectivity index (χ1) is 10.2. The highest BCUT2D eigenvalue weighted by molar-refractivity contribution is 5.62. The molecule has 21 heavy (non-hydrogen) atoms. The highest BCUT2D eigenvalue weighted by atomic mass is 15.1. The molecule has 0 unspecified atom stereocenters. The van der Waals surface area contributed by atoms with Gasteiger partial charge in [-0.05, 0) is 42.2 Å². The predicted octanol–water partition coefficient (Wildman–Crippen LogP) is 3.72. The zero-order chi connectivity index (χ0) is 14.7. The summed E-state index contributed by atoms with van der Waals surface area (Å²) in [5.41, 5.74) is 6.51. The molecule has 0 atom stereocenters. The number of aryl methyl sites for hydroxylation is 1. The van der Waals surface area contributed by atoms with Crippen molar-refractivity contribution >= 4 is 17.1 Å². The Bertz CT molecular complexity index is 620. The SMILES string of the molecule is CN(C)c1cccc(NCc2cccc3c2NCCC3)c1. The molecule has 0 spiro atoms. The first kappa shape index (κ1) is 13.8.